The number of aryl methyl sites for hydroxylation is 4. The van der Waals surface area contributed by atoms with E-state index in [4.69, 9.17) is 79.4 Å². The molecule has 0 spiro atoms. The van der Waals surface area contributed by atoms with Crippen LogP contribution in [-0.2, 0) is 25.7 Å². The Balaban J connectivity index is 0.000000245. The molecule has 0 radical (unpaired) electrons. The molecule has 0 fully saturated rings. The highest BCUT2D eigenvalue weighted by Crippen LogP contribution is 2.49. The number of thiocarbonyl (C=S) groups is 5. The van der Waals surface area contributed by atoms with E-state index >= 15 is 0 Å². The van der Waals surface area contributed by atoms with Gasteiger partial charge in [0.25, 0.3) is 20.7 Å². The number of phenols is 4. The van der Waals surface area contributed by atoms with Crippen molar-refractivity contribution in [2.45, 2.75) is 156 Å². The van der Waals surface area contributed by atoms with E-state index in [1.807, 2.05) is 80.6 Å². The lowest BCUT2D eigenvalue weighted by Crippen LogP contribution is -2.26. The van der Waals surface area contributed by atoms with Crippen LogP contribution in [-0.4, -0.2) is 141 Å². The Morgan fingerprint density at radius 3 is 0.644 bits per heavy atom. The number of hydrogen-bond acceptors (Lipinski definition) is 13. The Labute approximate surface area is 730 Å². The van der Waals surface area contributed by atoms with Crippen LogP contribution < -0.4 is 18.9 Å². The van der Waals surface area contributed by atoms with Crippen molar-refractivity contribution < 1.29 is 39.4 Å². The van der Waals surface area contributed by atoms with E-state index in [1.54, 1.807) is 75.0 Å². The summed E-state index contributed by atoms with van der Waals surface area (Å²) in [6, 6.07) is 57.0. The van der Waals surface area contributed by atoms with Crippen LogP contribution >= 0.6 is 72.7 Å². The maximum atomic E-state index is 11.2. The summed E-state index contributed by atoms with van der Waals surface area (Å²) >= 11 is 32.9. The first kappa shape index (κ1) is 90.7. The molecule has 0 aliphatic heterocycles. The van der Waals surface area contributed by atoms with Gasteiger partial charge < -0.3 is 63.9 Å². The predicted octanol–water partition coefficient (Wildman–Crippen LogP) is 26.2. The molecule has 13 nitrogen and oxygen atoms in total. The number of benzene rings is 12. The van der Waals surface area contributed by atoms with Crippen LogP contribution in [0.5, 0.6) is 46.0 Å². The van der Waals surface area contributed by atoms with E-state index < -0.39 is 0 Å². The van der Waals surface area contributed by atoms with Crippen molar-refractivity contribution >= 4 is 162 Å². The summed E-state index contributed by atoms with van der Waals surface area (Å²) in [6.45, 7) is 8.91. The second-order valence-corrected chi connectivity index (χ2v) is 34.1. The Morgan fingerprint density at radius 1 is 0.246 bits per heavy atom. The summed E-state index contributed by atoms with van der Waals surface area (Å²) in [7, 11) is 18.6. The van der Waals surface area contributed by atoms with Crippen LogP contribution in [0.25, 0.3) is 109 Å². The van der Waals surface area contributed by atoms with Crippen LogP contribution in [0.1, 0.15) is 153 Å². The average Bonchev–Trinajstić information content (AvgIpc) is 0.753. The fourth-order valence-corrected chi connectivity index (χ4v) is 14.7. The Bertz CT molecular complexity index is 5300. The number of nitrogens with zero attached hydrogens (tertiary/aromatic N) is 5. The zero-order valence-corrected chi connectivity index (χ0v) is 75.7. The van der Waals surface area contributed by atoms with Crippen molar-refractivity contribution in [1.29, 1.82) is 0 Å². The first-order chi connectivity index (χ1) is 56.5. The summed E-state index contributed by atoms with van der Waals surface area (Å²) < 4.78 is 26.7. The molecule has 0 saturated carbocycles. The minimum atomic E-state index is 0.0283. The monoisotopic (exact) mass is 1700 g/mol. The fourth-order valence-electron chi connectivity index (χ4n) is 14.4. The lowest BCUT2D eigenvalue weighted by Gasteiger charge is -2.23. The molecule has 0 aliphatic carbocycles. The Morgan fingerprint density at radius 2 is 0.432 bits per heavy atom. The summed E-state index contributed by atoms with van der Waals surface area (Å²) in [5, 5.41) is 57.0. The molecule has 0 unspecified atom stereocenters. The highest BCUT2D eigenvalue weighted by Gasteiger charge is 2.25. The smallest absolute Gasteiger partial charge is 0.264 e. The third-order valence-corrected chi connectivity index (χ3v) is 23.7. The van der Waals surface area contributed by atoms with Gasteiger partial charge in [0.05, 0.1) is 0 Å². The molecule has 0 bridgehead atoms. The molecule has 0 heterocycles. The van der Waals surface area contributed by atoms with E-state index in [0.29, 0.717) is 81.2 Å². The van der Waals surface area contributed by atoms with Crippen molar-refractivity contribution in [3.63, 3.8) is 0 Å². The summed E-state index contributed by atoms with van der Waals surface area (Å²) in [5.41, 5.74) is 10.3. The minimum Gasteiger partial charge on any atom is -0.507 e. The van der Waals surface area contributed by atoms with Crippen LogP contribution in [0.2, 0.25) is 0 Å². The molecule has 19 heteroatoms. The van der Waals surface area contributed by atoms with Gasteiger partial charge in [-0.25, -0.2) is 0 Å². The second kappa shape index (κ2) is 42.8. The molecule has 0 aromatic heterocycles. The van der Waals surface area contributed by atoms with Crippen molar-refractivity contribution in [3.8, 4) is 90.5 Å². The lowest BCUT2D eigenvalue weighted by molar-refractivity contribution is 0.446. The largest absolute Gasteiger partial charge is 0.507 e. The molecule has 0 atom stereocenters. The van der Waals surface area contributed by atoms with Gasteiger partial charge in [0.15, 0.2) is 4.45 Å². The van der Waals surface area contributed by atoms with Gasteiger partial charge in [0.2, 0.25) is 0 Å². The topological polar surface area (TPSA) is 134 Å². The van der Waals surface area contributed by atoms with Crippen LogP contribution in [0.4, 0.5) is 0 Å². The average molecular weight is 1700 g/mol. The van der Waals surface area contributed by atoms with Crippen molar-refractivity contribution in [2.75, 3.05) is 70.5 Å². The number of phenolic OH excluding ortho intramolecular Hbond substituents is 4. The second-order valence-electron chi connectivity index (χ2n) is 31.7. The minimum absolute atomic E-state index is 0.0283. The molecule has 620 valence electrons. The van der Waals surface area contributed by atoms with Gasteiger partial charge in [0, 0.05) is 115 Å². The molecule has 12 rings (SSSR count). The first-order valence-electron chi connectivity index (χ1n) is 41.3. The standard InChI is InChI=1S/C54H64N4O4S4.C42H44O4.C3H6ClNS/c1-11-13-15-17-19-35-21-23-37-27-43(47(31-39(37)25-35)59-51(63)55(3)4)45-29-41-34-50(62-54(66)58(9)10)46(30-42(41)33-49(45)61-53(65)57(7)8)44-28-38-24-22-36(20-18-16-14-12-2)26-40(38)32-48(44)60-52(64)56(5)6;1-3-5-7-9-11-27-13-15-29-19-35(39(43)23-31(29)17-27)37-21-33-26-42(46)38(22-34(33)25-41(37)45)36-20-30-16-14-28(12-10-8-6-4-2)18-32(30)24-40(36)44;1-5(2)3(4)6/h21-34H,11-20H2,1-10H3;13-26,43-46H,3-12H2,1-2H3;1-2H3. The number of halogens is 1. The number of rotatable bonds is 28. The highest BCUT2D eigenvalue weighted by molar-refractivity contribution is 7.83. The van der Waals surface area contributed by atoms with Crippen LogP contribution in [0, 0.1) is 0 Å². The van der Waals surface area contributed by atoms with Gasteiger partial charge in [0.1, 0.15) is 46.0 Å². The van der Waals surface area contributed by atoms with E-state index in [0.717, 1.165) is 127 Å². The molecule has 0 aliphatic rings. The lowest BCUT2D eigenvalue weighted by atomic mass is 9.92. The molecular weight excluding hydrogens is 1580 g/mol. The van der Waals surface area contributed by atoms with Gasteiger partial charge in [-0.3, -0.25) is 0 Å². The Kier molecular flexibility index (Phi) is 32.9. The van der Waals surface area contributed by atoms with Gasteiger partial charge in [-0.1, -0.05) is 189 Å². The molecule has 4 N–H and O–H groups in total. The predicted molar refractivity (Wildman–Crippen MR) is 517 cm³/mol. The van der Waals surface area contributed by atoms with E-state index in [-0.39, 0.29) is 23.0 Å². The number of aromatic hydroxyl groups is 4. The molecular formula is C99H114ClN5O8S5. The quantitative estimate of drug-likeness (QED) is 0.0160. The van der Waals surface area contributed by atoms with E-state index in [1.165, 1.54) is 99.3 Å². The van der Waals surface area contributed by atoms with Gasteiger partial charge in [-0.05, 0) is 296 Å². The van der Waals surface area contributed by atoms with Crippen LogP contribution in [0.15, 0.2) is 170 Å². The van der Waals surface area contributed by atoms with Crippen molar-refractivity contribution in [1.82, 2.24) is 24.5 Å². The molecule has 0 amide bonds. The summed E-state index contributed by atoms with van der Waals surface area (Å²) in [6.07, 6.45) is 23.4. The number of ether oxygens (including phenoxy) is 4. The molecule has 12 aromatic carbocycles. The fraction of sp³-hybridized carbons (Fsp3) is 0.343. The van der Waals surface area contributed by atoms with Crippen molar-refractivity contribution in [3.05, 3.63) is 192 Å². The Hall–Kier alpha value is -9.66. The van der Waals surface area contributed by atoms with Crippen LogP contribution in [0.3, 0.4) is 0 Å². The molecule has 118 heavy (non-hydrogen) atoms. The zero-order valence-electron chi connectivity index (χ0n) is 70.9. The molecule has 0 saturated heterocycles. The van der Waals surface area contributed by atoms with Gasteiger partial charge >= 0.3 is 0 Å². The number of fused-ring (bicyclic) bond motifs is 6. The third-order valence-electron chi connectivity index (χ3n) is 21.2. The van der Waals surface area contributed by atoms with Gasteiger partial charge in [-0.2, -0.15) is 0 Å². The maximum absolute atomic E-state index is 11.2. The SMILES string of the molecule is CCCCCCc1ccc2cc(-c3cc4cc(O)c(-c5cc6ccc(CCCCCC)cc6cc5O)cc4cc3O)c(O)cc2c1.CCCCCCc1ccc2cc(-c3cc4cc(OC(=S)N(C)C)c(-c5cc6ccc(CCCCCC)cc6cc5OC(=S)N(C)C)cc4cc3OC(=S)N(C)C)c(OC(=S)N(C)C)cc2c1.CN(C)C(=S)Cl. The number of unbranched alkanes of at least 4 members (excludes halogenated alkanes) is 12. The maximum Gasteiger partial charge on any atom is 0.264 e. The van der Waals surface area contributed by atoms with E-state index in [9.17, 15) is 20.4 Å². The van der Waals surface area contributed by atoms with Gasteiger partial charge in [-0.15, -0.1) is 0 Å². The number of hydrogen-bond donors (Lipinski definition) is 4. The zero-order chi connectivity index (χ0) is 85.0. The highest BCUT2D eigenvalue weighted by atomic mass is 35.5. The normalized spacial score (nSPS) is 11.1. The first-order valence-corrected chi connectivity index (χ1v) is 43.7. The summed E-state index contributed by atoms with van der Waals surface area (Å²) in [5.74, 6) is 2.55. The van der Waals surface area contributed by atoms with Crippen molar-refractivity contribution in [2.24, 2.45) is 0 Å². The molecule has 12 aromatic rings. The third kappa shape index (κ3) is 23.9. The van der Waals surface area contributed by atoms with E-state index in [2.05, 4.69) is 149 Å². The summed E-state index contributed by atoms with van der Waals surface area (Å²) in [4.78, 5) is 8.79.